The summed E-state index contributed by atoms with van der Waals surface area (Å²) in [6, 6.07) is 2.59. The maximum Gasteiger partial charge on any atom is 0.246 e. The second-order valence-electron chi connectivity index (χ2n) is 5.07. The molecule has 2 atom stereocenters. The van der Waals surface area contributed by atoms with Gasteiger partial charge in [-0.25, -0.2) is 8.78 Å². The summed E-state index contributed by atoms with van der Waals surface area (Å²) in [5, 5.41) is 2.66. The number of hydrogen-bond donors (Lipinski definition) is 1. The molecule has 2 unspecified atom stereocenters. The molecule has 1 saturated heterocycles. The molecule has 2 amide bonds. The Bertz CT molecular complexity index is 563. The van der Waals surface area contributed by atoms with Crippen LogP contribution in [0.25, 0.3) is 0 Å². The highest BCUT2D eigenvalue weighted by atomic mass is 19.2. The molecule has 0 aliphatic carbocycles. The Balaban J connectivity index is 2.31. The second kappa shape index (κ2) is 6.20. The summed E-state index contributed by atoms with van der Waals surface area (Å²) in [6.45, 7) is 3.46. The lowest BCUT2D eigenvalue weighted by Crippen LogP contribution is -2.62. The van der Waals surface area contributed by atoms with Gasteiger partial charge in [-0.1, -0.05) is 26.0 Å². The number of nitrogens with one attached hydrogen (secondary N) is 1. The Morgan fingerprint density at radius 1 is 1.19 bits per heavy atom. The summed E-state index contributed by atoms with van der Waals surface area (Å²) in [5.74, 6) is -2.44. The van der Waals surface area contributed by atoms with E-state index >= 15 is 0 Å². The first-order chi connectivity index (χ1) is 9.99. The standard InChI is InChI=1S/C15H18F2N2O2/c1-3-11-15(21)19(12(4-2)14(20)18-11)8-9-6-5-7-10(16)13(9)17/h5-7,11-12H,3-4,8H2,1-2H3,(H,18,20). The average molecular weight is 296 g/mol. The Morgan fingerprint density at radius 2 is 1.90 bits per heavy atom. The van der Waals surface area contributed by atoms with Crippen molar-refractivity contribution in [1.29, 1.82) is 0 Å². The van der Waals surface area contributed by atoms with Crippen molar-refractivity contribution in [3.8, 4) is 0 Å². The number of hydrogen-bond acceptors (Lipinski definition) is 2. The van der Waals surface area contributed by atoms with E-state index in [0.717, 1.165) is 6.07 Å². The van der Waals surface area contributed by atoms with Gasteiger partial charge in [0.1, 0.15) is 12.1 Å². The van der Waals surface area contributed by atoms with Crippen LogP contribution >= 0.6 is 0 Å². The SMILES string of the molecule is CCC1NC(=O)C(CC)N(Cc2cccc(F)c2F)C1=O. The summed E-state index contributed by atoms with van der Waals surface area (Å²) in [6.07, 6.45) is 0.883. The predicted molar refractivity (Wildman–Crippen MR) is 73.2 cm³/mol. The maximum atomic E-state index is 13.8. The number of benzene rings is 1. The molecule has 0 bridgehead atoms. The van der Waals surface area contributed by atoms with Crippen LogP contribution in [-0.4, -0.2) is 28.8 Å². The van der Waals surface area contributed by atoms with E-state index in [1.807, 2.05) is 0 Å². The molecule has 6 heteroatoms. The summed E-state index contributed by atoms with van der Waals surface area (Å²) in [4.78, 5) is 25.7. The molecule has 0 radical (unpaired) electrons. The quantitative estimate of drug-likeness (QED) is 0.923. The van der Waals surface area contributed by atoms with Crippen molar-refractivity contribution in [2.75, 3.05) is 0 Å². The highest BCUT2D eigenvalue weighted by Gasteiger charge is 2.38. The molecule has 0 saturated carbocycles. The van der Waals surface area contributed by atoms with Gasteiger partial charge in [-0.3, -0.25) is 9.59 Å². The normalized spacial score (nSPS) is 22.4. The van der Waals surface area contributed by atoms with Gasteiger partial charge in [-0.05, 0) is 18.9 Å². The van der Waals surface area contributed by atoms with Crippen LogP contribution in [-0.2, 0) is 16.1 Å². The van der Waals surface area contributed by atoms with Crippen LogP contribution in [0.15, 0.2) is 18.2 Å². The minimum atomic E-state index is -0.973. The van der Waals surface area contributed by atoms with Gasteiger partial charge in [0.05, 0.1) is 0 Å². The minimum absolute atomic E-state index is 0.0753. The number of amides is 2. The van der Waals surface area contributed by atoms with E-state index in [0.29, 0.717) is 12.8 Å². The van der Waals surface area contributed by atoms with Gasteiger partial charge in [-0.15, -0.1) is 0 Å². The van der Waals surface area contributed by atoms with Crippen molar-refractivity contribution in [2.45, 2.75) is 45.3 Å². The molecule has 1 fully saturated rings. The molecule has 1 aliphatic rings. The second-order valence-corrected chi connectivity index (χ2v) is 5.07. The van der Waals surface area contributed by atoms with E-state index in [4.69, 9.17) is 0 Å². The topological polar surface area (TPSA) is 49.4 Å². The summed E-state index contributed by atoms with van der Waals surface area (Å²) in [5.41, 5.74) is 0.0753. The van der Waals surface area contributed by atoms with E-state index in [-0.39, 0.29) is 23.9 Å². The Morgan fingerprint density at radius 3 is 2.52 bits per heavy atom. The van der Waals surface area contributed by atoms with Gasteiger partial charge in [0.2, 0.25) is 11.8 Å². The third-order valence-electron chi connectivity index (χ3n) is 3.74. The average Bonchev–Trinajstić information content (AvgIpc) is 2.47. The van der Waals surface area contributed by atoms with Crippen molar-refractivity contribution >= 4 is 11.8 Å². The summed E-state index contributed by atoms with van der Waals surface area (Å²) >= 11 is 0. The third kappa shape index (κ3) is 2.89. The molecule has 0 spiro atoms. The first-order valence-corrected chi connectivity index (χ1v) is 7.03. The minimum Gasteiger partial charge on any atom is -0.343 e. The maximum absolute atomic E-state index is 13.8. The van der Waals surface area contributed by atoms with Crippen LogP contribution in [0.1, 0.15) is 32.3 Å². The number of carbonyl (C=O) groups is 2. The lowest BCUT2D eigenvalue weighted by Gasteiger charge is -2.38. The molecular weight excluding hydrogens is 278 g/mol. The number of rotatable bonds is 4. The molecule has 0 aromatic heterocycles. The fourth-order valence-electron chi connectivity index (χ4n) is 2.55. The Kier molecular flexibility index (Phi) is 4.55. The van der Waals surface area contributed by atoms with Crippen LogP contribution in [0.2, 0.25) is 0 Å². The molecule has 1 N–H and O–H groups in total. The van der Waals surface area contributed by atoms with Crippen molar-refractivity contribution in [3.63, 3.8) is 0 Å². The van der Waals surface area contributed by atoms with Crippen LogP contribution in [0.5, 0.6) is 0 Å². The van der Waals surface area contributed by atoms with Gasteiger partial charge in [0, 0.05) is 12.1 Å². The van der Waals surface area contributed by atoms with E-state index in [2.05, 4.69) is 5.32 Å². The highest BCUT2D eigenvalue weighted by molar-refractivity contribution is 5.96. The fraction of sp³-hybridized carbons (Fsp3) is 0.467. The van der Waals surface area contributed by atoms with E-state index in [1.54, 1.807) is 13.8 Å². The first-order valence-electron chi connectivity index (χ1n) is 7.03. The fourth-order valence-corrected chi connectivity index (χ4v) is 2.55. The van der Waals surface area contributed by atoms with Gasteiger partial charge in [-0.2, -0.15) is 0 Å². The molecule has 114 valence electrons. The first kappa shape index (κ1) is 15.4. The zero-order chi connectivity index (χ0) is 15.6. The van der Waals surface area contributed by atoms with Crippen LogP contribution in [0.3, 0.4) is 0 Å². The molecule has 1 aliphatic heterocycles. The van der Waals surface area contributed by atoms with Gasteiger partial charge >= 0.3 is 0 Å². The van der Waals surface area contributed by atoms with Crippen LogP contribution in [0.4, 0.5) is 8.78 Å². The van der Waals surface area contributed by atoms with Gasteiger partial charge in [0.25, 0.3) is 0 Å². The highest BCUT2D eigenvalue weighted by Crippen LogP contribution is 2.20. The number of nitrogens with zero attached hydrogens (tertiary/aromatic N) is 1. The zero-order valence-electron chi connectivity index (χ0n) is 12.0. The molecule has 1 aromatic carbocycles. The van der Waals surface area contributed by atoms with Crippen molar-refractivity contribution in [3.05, 3.63) is 35.4 Å². The number of piperazine rings is 1. The van der Waals surface area contributed by atoms with Crippen molar-refractivity contribution in [2.24, 2.45) is 0 Å². The molecule has 1 heterocycles. The monoisotopic (exact) mass is 296 g/mol. The van der Waals surface area contributed by atoms with Crippen molar-refractivity contribution in [1.82, 2.24) is 10.2 Å². The molecule has 21 heavy (non-hydrogen) atoms. The summed E-state index contributed by atoms with van der Waals surface area (Å²) < 4.78 is 27.0. The van der Waals surface area contributed by atoms with Gasteiger partial charge < -0.3 is 10.2 Å². The lowest BCUT2D eigenvalue weighted by atomic mass is 10.0. The zero-order valence-corrected chi connectivity index (χ0v) is 12.0. The smallest absolute Gasteiger partial charge is 0.246 e. The lowest BCUT2D eigenvalue weighted by molar-refractivity contribution is -0.150. The summed E-state index contributed by atoms with van der Waals surface area (Å²) in [7, 11) is 0. The van der Waals surface area contributed by atoms with Crippen molar-refractivity contribution < 1.29 is 18.4 Å². The molecule has 4 nitrogen and oxygen atoms in total. The van der Waals surface area contributed by atoms with E-state index in [1.165, 1.54) is 17.0 Å². The number of carbonyl (C=O) groups excluding carboxylic acids is 2. The predicted octanol–water partition coefficient (Wildman–Crippen LogP) is 1.98. The Labute approximate surface area is 122 Å². The van der Waals surface area contributed by atoms with Crippen LogP contribution < -0.4 is 5.32 Å². The molecular formula is C15H18F2N2O2. The van der Waals surface area contributed by atoms with Crippen LogP contribution in [0, 0.1) is 11.6 Å². The largest absolute Gasteiger partial charge is 0.343 e. The number of halogens is 2. The Hall–Kier alpha value is -1.98. The molecule has 1 aromatic rings. The third-order valence-corrected chi connectivity index (χ3v) is 3.74. The van der Waals surface area contributed by atoms with E-state index in [9.17, 15) is 18.4 Å². The molecule has 2 rings (SSSR count). The van der Waals surface area contributed by atoms with E-state index < -0.39 is 23.7 Å². The van der Waals surface area contributed by atoms with Gasteiger partial charge in [0.15, 0.2) is 11.6 Å².